The maximum atomic E-state index is 14.1. The van der Waals surface area contributed by atoms with E-state index in [1.807, 2.05) is 0 Å². The molecule has 2 amide bonds. The summed E-state index contributed by atoms with van der Waals surface area (Å²) in [6.45, 7) is 1.75. The second-order valence-corrected chi connectivity index (χ2v) is 15.7. The molecule has 4 N–H and O–H groups in total. The zero-order chi connectivity index (χ0) is 31.7. The Bertz CT molecular complexity index is 1430. The van der Waals surface area contributed by atoms with Crippen molar-refractivity contribution in [3.8, 4) is 17.6 Å². The number of hydrogen-bond acceptors (Lipinski definition) is 7. The minimum atomic E-state index is -0.815. The third kappa shape index (κ3) is 5.35. The van der Waals surface area contributed by atoms with Gasteiger partial charge in [-0.05, 0) is 120 Å². The van der Waals surface area contributed by atoms with Gasteiger partial charge in [0.05, 0.1) is 41.3 Å². The number of carbonyl (C=O) groups excluding carboxylic acids is 2. The van der Waals surface area contributed by atoms with E-state index < -0.39 is 17.0 Å². The van der Waals surface area contributed by atoms with Crippen molar-refractivity contribution >= 4 is 17.8 Å². The normalized spacial score (nSPS) is 40.9. The Kier molecular flexibility index (Phi) is 7.34. The first kappa shape index (κ1) is 30.3. The van der Waals surface area contributed by atoms with Gasteiger partial charge in [-0.15, -0.1) is 0 Å². The summed E-state index contributed by atoms with van der Waals surface area (Å²) in [5.74, 6) is 0.348. The van der Waals surface area contributed by atoms with Crippen LogP contribution in [0.4, 0.5) is 0 Å². The van der Waals surface area contributed by atoms with Crippen LogP contribution in [0.2, 0.25) is 0 Å². The fourth-order valence-corrected chi connectivity index (χ4v) is 10.6. The molecule has 7 fully saturated rings. The highest BCUT2D eigenvalue weighted by Gasteiger charge is 2.59. The Morgan fingerprint density at radius 2 is 1.67 bits per heavy atom. The molecule has 0 spiro atoms. The molecule has 7 aliphatic rings. The zero-order valence-electron chi connectivity index (χ0n) is 26.3. The number of ether oxygens (including phenoxy) is 2. The van der Waals surface area contributed by atoms with E-state index in [9.17, 15) is 29.9 Å². The number of carboxylic acids is 1. The molecule has 0 saturated heterocycles. The molecule has 1 aromatic rings. The van der Waals surface area contributed by atoms with Gasteiger partial charge in [0, 0.05) is 17.6 Å². The lowest BCUT2D eigenvalue weighted by atomic mass is 9.51. The number of amides is 2. The second kappa shape index (κ2) is 10.9. The highest BCUT2D eigenvalue weighted by atomic mass is 16.5. The monoisotopic (exact) mass is 619 g/mol. The van der Waals surface area contributed by atoms with Crippen LogP contribution in [0.5, 0.6) is 11.5 Å². The van der Waals surface area contributed by atoms with Crippen LogP contribution in [0.1, 0.15) is 106 Å². The summed E-state index contributed by atoms with van der Waals surface area (Å²) in [6, 6.07) is 4.89. The van der Waals surface area contributed by atoms with Crippen molar-refractivity contribution in [2.45, 2.75) is 114 Å². The summed E-state index contributed by atoms with van der Waals surface area (Å²) in [6.07, 6.45) is 9.87. The van der Waals surface area contributed by atoms with Crippen LogP contribution < -0.4 is 20.1 Å². The van der Waals surface area contributed by atoms with Crippen LogP contribution in [0.15, 0.2) is 12.1 Å². The van der Waals surface area contributed by atoms with Gasteiger partial charge in [-0.25, -0.2) is 0 Å². The number of rotatable bonds is 8. The van der Waals surface area contributed by atoms with Gasteiger partial charge in [0.25, 0.3) is 5.91 Å². The number of methoxy groups -OCH3 is 1. The number of nitriles is 1. The first-order valence-corrected chi connectivity index (χ1v) is 16.8. The van der Waals surface area contributed by atoms with Gasteiger partial charge in [-0.2, -0.15) is 5.26 Å². The van der Waals surface area contributed by atoms with Crippen molar-refractivity contribution in [2.24, 2.45) is 35.0 Å². The summed E-state index contributed by atoms with van der Waals surface area (Å²) in [4.78, 5) is 39.7. The van der Waals surface area contributed by atoms with Crippen molar-refractivity contribution in [1.82, 2.24) is 10.6 Å². The van der Waals surface area contributed by atoms with Crippen LogP contribution in [-0.4, -0.2) is 58.4 Å². The van der Waals surface area contributed by atoms with Crippen molar-refractivity contribution < 1.29 is 34.1 Å². The van der Waals surface area contributed by atoms with Gasteiger partial charge in [0.15, 0.2) is 0 Å². The van der Waals surface area contributed by atoms with E-state index in [1.165, 1.54) is 13.2 Å². The number of aliphatic hydroxyl groups is 1. The largest absolute Gasteiger partial charge is 0.496 e. The highest BCUT2D eigenvalue weighted by Crippen LogP contribution is 2.58. The number of benzene rings is 1. The van der Waals surface area contributed by atoms with Crippen LogP contribution in [0.3, 0.4) is 0 Å². The maximum absolute atomic E-state index is 14.1. The number of carbonyl (C=O) groups is 3. The molecule has 45 heavy (non-hydrogen) atoms. The zero-order valence-corrected chi connectivity index (χ0v) is 26.3. The van der Waals surface area contributed by atoms with E-state index in [2.05, 4.69) is 16.7 Å². The van der Waals surface area contributed by atoms with E-state index in [0.717, 1.165) is 51.4 Å². The van der Waals surface area contributed by atoms with Crippen molar-refractivity contribution in [1.29, 1.82) is 5.26 Å². The standard InChI is InChI=1S/C35H45N3O7/c1-33(32(41)42)7-5-24(6-8-33)45-26-12-25(27(44-2)11-23(26)17-36)30(39)37-29-22-4-3-21(10-22)28(29)31(40)38-34-13-19-9-20(14-34)16-35(43,15-19)18-34/h11-12,19-22,24,28-29,43H,3-10,13-16,18H2,1-2H3,(H,37,39)(H,38,40)(H,41,42)/t19?,20?,21-,22+,24?,28+,29-,33?,34?,35?/m1/s1. The molecule has 8 rings (SSSR count). The number of fused-ring (bicyclic) bond motifs is 2. The van der Waals surface area contributed by atoms with Gasteiger partial charge in [-0.1, -0.05) is 0 Å². The van der Waals surface area contributed by atoms with Crippen LogP contribution >= 0.6 is 0 Å². The first-order valence-electron chi connectivity index (χ1n) is 16.8. The lowest BCUT2D eigenvalue weighted by Crippen LogP contribution is -2.66. The minimum Gasteiger partial charge on any atom is -0.496 e. The molecule has 2 unspecified atom stereocenters. The van der Waals surface area contributed by atoms with Gasteiger partial charge < -0.3 is 30.3 Å². The van der Waals surface area contributed by atoms with Crippen LogP contribution in [0.25, 0.3) is 0 Å². The molecule has 242 valence electrons. The van der Waals surface area contributed by atoms with Gasteiger partial charge in [0.2, 0.25) is 5.91 Å². The summed E-state index contributed by atoms with van der Waals surface area (Å²) in [7, 11) is 1.45. The van der Waals surface area contributed by atoms with E-state index in [1.54, 1.807) is 13.0 Å². The fourth-order valence-electron chi connectivity index (χ4n) is 10.6. The summed E-state index contributed by atoms with van der Waals surface area (Å²) in [5.41, 5.74) is -1.33. The highest BCUT2D eigenvalue weighted by molar-refractivity contribution is 5.98. The average Bonchev–Trinajstić information content (AvgIpc) is 3.58. The number of hydrogen-bond donors (Lipinski definition) is 4. The number of carboxylic acid groups (broad SMARTS) is 1. The Morgan fingerprint density at radius 3 is 2.29 bits per heavy atom. The number of aliphatic carboxylic acids is 1. The fraction of sp³-hybridized carbons (Fsp3) is 0.714. The summed E-state index contributed by atoms with van der Waals surface area (Å²) < 4.78 is 11.8. The molecule has 6 bridgehead atoms. The Hall–Kier alpha value is -3.32. The molecule has 10 heteroatoms. The molecule has 0 radical (unpaired) electrons. The quantitative estimate of drug-likeness (QED) is 0.335. The Balaban J connectivity index is 1.08. The third-order valence-electron chi connectivity index (χ3n) is 12.4. The van der Waals surface area contributed by atoms with Crippen molar-refractivity contribution in [3.05, 3.63) is 23.3 Å². The molecule has 0 aliphatic heterocycles. The smallest absolute Gasteiger partial charge is 0.309 e. The van der Waals surface area contributed by atoms with E-state index in [-0.39, 0.29) is 69.9 Å². The molecule has 0 aromatic heterocycles. The van der Waals surface area contributed by atoms with Gasteiger partial charge in [0.1, 0.15) is 17.6 Å². The number of nitrogens with zero attached hydrogens (tertiary/aromatic N) is 1. The second-order valence-electron chi connectivity index (χ2n) is 15.7. The third-order valence-corrected chi connectivity index (χ3v) is 12.4. The molecule has 7 aliphatic carbocycles. The van der Waals surface area contributed by atoms with Crippen molar-refractivity contribution in [3.63, 3.8) is 0 Å². The first-order chi connectivity index (χ1) is 21.4. The van der Waals surface area contributed by atoms with Gasteiger partial charge >= 0.3 is 5.97 Å². The average molecular weight is 620 g/mol. The Morgan fingerprint density at radius 1 is 0.978 bits per heavy atom. The minimum absolute atomic E-state index is 0.000440. The SMILES string of the molecule is COc1cc(C#N)c(OC2CCC(C)(C(=O)O)CC2)cc1C(=O)N[C@@H]1[C@H]2CC[C@H](C2)[C@@H]1C(=O)NC12CC3CC(CC(O)(C3)C1)C2. The molecule has 7 saturated carbocycles. The van der Waals surface area contributed by atoms with Crippen LogP contribution in [-0.2, 0) is 9.59 Å². The molecule has 0 heterocycles. The summed E-state index contributed by atoms with van der Waals surface area (Å²) >= 11 is 0. The molecule has 10 nitrogen and oxygen atoms in total. The van der Waals surface area contributed by atoms with Crippen molar-refractivity contribution in [2.75, 3.05) is 7.11 Å². The Labute approximate surface area is 264 Å². The molecule has 1 aromatic carbocycles. The van der Waals surface area contributed by atoms with E-state index in [0.29, 0.717) is 43.9 Å². The van der Waals surface area contributed by atoms with E-state index >= 15 is 0 Å². The lowest BCUT2D eigenvalue weighted by molar-refractivity contribution is -0.154. The van der Waals surface area contributed by atoms with E-state index in [4.69, 9.17) is 9.47 Å². The predicted octanol–water partition coefficient (Wildman–Crippen LogP) is 4.32. The van der Waals surface area contributed by atoms with Gasteiger partial charge in [-0.3, -0.25) is 14.4 Å². The molecular formula is C35H45N3O7. The van der Waals surface area contributed by atoms with Crippen LogP contribution in [0, 0.1) is 46.3 Å². The maximum Gasteiger partial charge on any atom is 0.309 e. The summed E-state index contributed by atoms with van der Waals surface area (Å²) in [5, 5.41) is 37.3. The molecule has 6 atom stereocenters. The molecular weight excluding hydrogens is 574 g/mol. The lowest BCUT2D eigenvalue weighted by Gasteiger charge is -2.60. The topological polar surface area (TPSA) is 158 Å². The number of nitrogens with one attached hydrogen (secondary N) is 2. The predicted molar refractivity (Wildman–Crippen MR) is 162 cm³/mol.